The van der Waals surface area contributed by atoms with Crippen molar-refractivity contribution in [1.82, 2.24) is 9.88 Å². The van der Waals surface area contributed by atoms with Crippen LogP contribution in [0.15, 0.2) is 15.5 Å². The summed E-state index contributed by atoms with van der Waals surface area (Å²) in [4.78, 5) is 26.4. The number of nitrogens with zero attached hydrogens (tertiary/aromatic N) is 2. The third-order valence-electron chi connectivity index (χ3n) is 5.42. The van der Waals surface area contributed by atoms with E-state index in [-0.39, 0.29) is 28.6 Å². The van der Waals surface area contributed by atoms with Crippen molar-refractivity contribution in [2.45, 2.75) is 38.8 Å². The van der Waals surface area contributed by atoms with Crippen LogP contribution in [0.2, 0.25) is 0 Å². The summed E-state index contributed by atoms with van der Waals surface area (Å²) >= 11 is 3.56. The number of hydrogen-bond acceptors (Lipinski definition) is 4. The van der Waals surface area contributed by atoms with Gasteiger partial charge in [-0.3, -0.25) is 4.79 Å². The fourth-order valence-corrected chi connectivity index (χ4v) is 4.73. The van der Waals surface area contributed by atoms with Gasteiger partial charge < -0.3 is 19.9 Å². The van der Waals surface area contributed by atoms with Crippen molar-refractivity contribution in [1.29, 1.82) is 0 Å². The quantitative estimate of drug-likeness (QED) is 0.771. The van der Waals surface area contributed by atoms with E-state index in [1.807, 2.05) is 16.4 Å². The van der Waals surface area contributed by atoms with E-state index < -0.39 is 17.2 Å². The van der Waals surface area contributed by atoms with Gasteiger partial charge in [0.15, 0.2) is 5.82 Å². The minimum absolute atomic E-state index is 0.141. The SMILES string of the molecule is Cc1c(F)c(N2CCNC(C)C2)c(Br)c2c1c(=O)c(C(=O)O)cn2C1CC1. The molecule has 1 aromatic carbocycles. The minimum atomic E-state index is -1.28. The zero-order chi connectivity index (χ0) is 19.5. The van der Waals surface area contributed by atoms with Gasteiger partial charge in [0.25, 0.3) is 0 Å². The van der Waals surface area contributed by atoms with E-state index in [1.54, 1.807) is 6.92 Å². The molecule has 2 aliphatic rings. The number of benzene rings is 1. The van der Waals surface area contributed by atoms with Crippen LogP contribution in [0.4, 0.5) is 10.1 Å². The summed E-state index contributed by atoms with van der Waals surface area (Å²) in [5.41, 5.74) is 0.300. The fourth-order valence-electron chi connectivity index (χ4n) is 3.91. The molecule has 0 spiro atoms. The molecular formula is C19H21BrFN3O3. The van der Waals surface area contributed by atoms with Crippen LogP contribution in [-0.4, -0.2) is 41.3 Å². The van der Waals surface area contributed by atoms with Crippen molar-refractivity contribution in [3.8, 4) is 0 Å². The van der Waals surface area contributed by atoms with Gasteiger partial charge in [-0.2, -0.15) is 0 Å². The number of hydrogen-bond donors (Lipinski definition) is 2. The number of fused-ring (bicyclic) bond motifs is 1. The van der Waals surface area contributed by atoms with Crippen LogP contribution in [0.1, 0.15) is 41.7 Å². The molecule has 1 aliphatic carbocycles. The van der Waals surface area contributed by atoms with E-state index >= 15 is 4.39 Å². The maximum atomic E-state index is 15.4. The summed E-state index contributed by atoms with van der Waals surface area (Å²) in [5, 5.41) is 12.9. The number of aryl methyl sites for hydroxylation is 1. The lowest BCUT2D eigenvalue weighted by Crippen LogP contribution is -2.49. The maximum absolute atomic E-state index is 15.4. The molecule has 1 saturated heterocycles. The average Bonchev–Trinajstić information content (AvgIpc) is 3.44. The Labute approximate surface area is 164 Å². The normalized spacial score (nSPS) is 20.3. The number of carbonyl (C=O) groups is 1. The van der Waals surface area contributed by atoms with Crippen molar-refractivity contribution in [3.05, 3.63) is 37.8 Å². The zero-order valence-corrected chi connectivity index (χ0v) is 16.8. The number of aromatic nitrogens is 1. The van der Waals surface area contributed by atoms with E-state index in [1.165, 1.54) is 6.20 Å². The summed E-state index contributed by atoms with van der Waals surface area (Å²) in [7, 11) is 0. The summed E-state index contributed by atoms with van der Waals surface area (Å²) in [6, 6.07) is 0.364. The molecule has 1 aromatic heterocycles. The van der Waals surface area contributed by atoms with Gasteiger partial charge in [0.05, 0.1) is 21.1 Å². The number of carboxylic acids is 1. The first-order valence-corrected chi connectivity index (χ1v) is 9.88. The van der Waals surface area contributed by atoms with Crippen molar-refractivity contribution < 1.29 is 14.3 Å². The first kappa shape index (κ1) is 18.4. The highest BCUT2D eigenvalue weighted by Gasteiger charge is 2.32. The fraction of sp³-hybridized carbons (Fsp3) is 0.474. The van der Waals surface area contributed by atoms with Gasteiger partial charge in [-0.05, 0) is 42.6 Å². The Balaban J connectivity index is 2.06. The lowest BCUT2D eigenvalue weighted by Gasteiger charge is -2.35. The van der Waals surface area contributed by atoms with Crippen LogP contribution in [0, 0.1) is 12.7 Å². The van der Waals surface area contributed by atoms with E-state index in [0.29, 0.717) is 28.8 Å². The average molecular weight is 438 g/mol. The maximum Gasteiger partial charge on any atom is 0.341 e. The monoisotopic (exact) mass is 437 g/mol. The first-order valence-electron chi connectivity index (χ1n) is 9.09. The Morgan fingerprint density at radius 3 is 2.70 bits per heavy atom. The van der Waals surface area contributed by atoms with Gasteiger partial charge >= 0.3 is 5.97 Å². The van der Waals surface area contributed by atoms with Gasteiger partial charge in [-0.1, -0.05) is 0 Å². The number of anilines is 1. The van der Waals surface area contributed by atoms with Crippen molar-refractivity contribution in [2.75, 3.05) is 24.5 Å². The van der Waals surface area contributed by atoms with Gasteiger partial charge in [0.1, 0.15) is 5.56 Å². The number of halogens is 2. The van der Waals surface area contributed by atoms with E-state index in [4.69, 9.17) is 0 Å². The molecule has 2 fully saturated rings. The lowest BCUT2D eigenvalue weighted by atomic mass is 10.0. The number of carboxylic acid groups (broad SMARTS) is 1. The summed E-state index contributed by atoms with van der Waals surface area (Å²) in [6.07, 6.45) is 3.25. The van der Waals surface area contributed by atoms with Crippen LogP contribution in [0.25, 0.3) is 10.9 Å². The highest BCUT2D eigenvalue weighted by atomic mass is 79.9. The molecule has 6 nitrogen and oxygen atoms in total. The van der Waals surface area contributed by atoms with Crippen LogP contribution >= 0.6 is 15.9 Å². The molecule has 1 unspecified atom stereocenters. The predicted molar refractivity (Wildman–Crippen MR) is 106 cm³/mol. The predicted octanol–water partition coefficient (Wildman–Crippen LogP) is 3.04. The number of rotatable bonds is 3. The molecule has 4 rings (SSSR count). The van der Waals surface area contributed by atoms with Crippen LogP contribution in [0.5, 0.6) is 0 Å². The molecular weight excluding hydrogens is 417 g/mol. The number of piperazine rings is 1. The van der Waals surface area contributed by atoms with Crippen LogP contribution in [-0.2, 0) is 0 Å². The molecule has 0 amide bonds. The van der Waals surface area contributed by atoms with Crippen LogP contribution < -0.4 is 15.6 Å². The van der Waals surface area contributed by atoms with E-state index in [9.17, 15) is 14.7 Å². The molecule has 0 radical (unpaired) electrons. The molecule has 1 aliphatic heterocycles. The van der Waals surface area contributed by atoms with Gasteiger partial charge in [-0.15, -0.1) is 0 Å². The van der Waals surface area contributed by atoms with Crippen molar-refractivity contribution in [3.63, 3.8) is 0 Å². The van der Waals surface area contributed by atoms with Gasteiger partial charge in [0, 0.05) is 43.5 Å². The third-order valence-corrected chi connectivity index (χ3v) is 6.17. The summed E-state index contributed by atoms with van der Waals surface area (Å²) in [6.45, 7) is 5.67. The smallest absolute Gasteiger partial charge is 0.341 e. The Kier molecular flexibility index (Phi) is 4.50. The molecule has 2 aromatic rings. The number of nitrogens with one attached hydrogen (secondary N) is 1. The Hall–Kier alpha value is -1.93. The standard InChI is InChI=1S/C19H21BrFN3O3/c1-9-7-23(6-5-22-9)17-14(20)16-13(10(2)15(17)21)18(25)12(19(26)27)8-24(16)11-3-4-11/h8-9,11,22H,3-7H2,1-2H3,(H,26,27). The minimum Gasteiger partial charge on any atom is -0.477 e. The van der Waals surface area contributed by atoms with Gasteiger partial charge in [0.2, 0.25) is 5.43 Å². The van der Waals surface area contributed by atoms with Crippen LogP contribution in [0.3, 0.4) is 0 Å². The van der Waals surface area contributed by atoms with E-state index in [2.05, 4.69) is 21.2 Å². The third kappa shape index (κ3) is 2.95. The highest BCUT2D eigenvalue weighted by Crippen LogP contribution is 2.43. The molecule has 2 heterocycles. The number of pyridine rings is 1. The molecule has 1 saturated carbocycles. The van der Waals surface area contributed by atoms with Crippen molar-refractivity contribution >= 4 is 38.5 Å². The largest absolute Gasteiger partial charge is 0.477 e. The van der Waals surface area contributed by atoms with Gasteiger partial charge in [-0.25, -0.2) is 9.18 Å². The van der Waals surface area contributed by atoms with Crippen molar-refractivity contribution in [2.24, 2.45) is 0 Å². The number of aromatic carboxylic acids is 1. The highest BCUT2D eigenvalue weighted by molar-refractivity contribution is 9.10. The molecule has 27 heavy (non-hydrogen) atoms. The Morgan fingerprint density at radius 1 is 1.41 bits per heavy atom. The van der Waals surface area contributed by atoms with E-state index in [0.717, 1.165) is 19.4 Å². The zero-order valence-electron chi connectivity index (χ0n) is 15.2. The summed E-state index contributed by atoms with van der Waals surface area (Å²) in [5.74, 6) is -1.75. The molecule has 2 N–H and O–H groups in total. The second kappa shape index (κ2) is 6.60. The Morgan fingerprint density at radius 2 is 2.11 bits per heavy atom. The second-order valence-corrected chi connectivity index (χ2v) is 8.23. The molecule has 0 bridgehead atoms. The summed E-state index contributed by atoms with van der Waals surface area (Å²) < 4.78 is 17.7. The lowest BCUT2D eigenvalue weighted by molar-refractivity contribution is 0.0695. The Bertz CT molecular complexity index is 1020. The topological polar surface area (TPSA) is 74.6 Å². The molecule has 8 heteroatoms. The second-order valence-electron chi connectivity index (χ2n) is 7.44. The molecule has 1 atom stereocenters. The molecule has 144 valence electrons. The first-order chi connectivity index (χ1) is 12.8.